The Morgan fingerprint density at radius 2 is 2.24 bits per heavy atom. The van der Waals surface area contributed by atoms with Gasteiger partial charge in [0.2, 0.25) is 5.91 Å². The molecule has 4 rings (SSSR count). The molecule has 29 heavy (non-hydrogen) atoms. The second-order valence-electron chi connectivity index (χ2n) is 8.11. The molecule has 0 fully saturated rings. The molecule has 0 saturated carbocycles. The van der Waals surface area contributed by atoms with Gasteiger partial charge in [-0.2, -0.15) is 10.2 Å². The van der Waals surface area contributed by atoms with E-state index in [1.807, 2.05) is 30.1 Å². The highest BCUT2D eigenvalue weighted by Gasteiger charge is 2.32. The molecule has 5 heteroatoms. The normalized spacial score (nSPS) is 19.6. The molecule has 0 saturated heterocycles. The Kier molecular flexibility index (Phi) is 5.47. The molecule has 2 aromatic rings. The van der Waals surface area contributed by atoms with Crippen LogP contribution in [0.25, 0.3) is 10.9 Å². The number of hydrogen-bond acceptors (Lipinski definition) is 3. The minimum absolute atomic E-state index is 0.0706. The topological polar surface area (TPSA) is 50.5 Å². The fraction of sp³-hybridized carbons (Fsp3) is 0.375. The average Bonchev–Trinajstić information content (AvgIpc) is 3.36. The summed E-state index contributed by atoms with van der Waals surface area (Å²) < 4.78 is 1.97. The molecule has 2 aliphatic rings. The van der Waals surface area contributed by atoms with Crippen LogP contribution >= 0.6 is 0 Å². The van der Waals surface area contributed by atoms with Gasteiger partial charge in [0, 0.05) is 23.9 Å². The van der Waals surface area contributed by atoms with Crippen molar-refractivity contribution in [2.45, 2.75) is 52.1 Å². The molecule has 0 N–H and O–H groups in total. The first kappa shape index (κ1) is 19.4. The van der Waals surface area contributed by atoms with Crippen LogP contribution in [-0.2, 0) is 11.3 Å². The number of hydrogen-bond donors (Lipinski definition) is 0. The first-order chi connectivity index (χ1) is 14.0. The molecule has 1 aliphatic heterocycles. The number of hydrazone groups is 1. The van der Waals surface area contributed by atoms with Crippen molar-refractivity contribution in [3.05, 3.63) is 65.9 Å². The highest BCUT2D eigenvalue weighted by atomic mass is 16.2. The third-order valence-corrected chi connectivity index (χ3v) is 5.83. The minimum atomic E-state index is -0.163. The Bertz CT molecular complexity index is 1030. The van der Waals surface area contributed by atoms with E-state index in [9.17, 15) is 4.79 Å². The van der Waals surface area contributed by atoms with E-state index in [1.165, 1.54) is 11.1 Å². The summed E-state index contributed by atoms with van der Waals surface area (Å²) in [5, 5.41) is 11.8. The predicted octanol–water partition coefficient (Wildman–Crippen LogP) is 4.79. The number of carbonyl (C=O) groups excluding carboxylic acids is 1. The van der Waals surface area contributed by atoms with E-state index in [-0.39, 0.29) is 17.9 Å². The van der Waals surface area contributed by atoms with Crippen molar-refractivity contribution in [2.24, 2.45) is 11.0 Å². The maximum absolute atomic E-state index is 13.1. The van der Waals surface area contributed by atoms with E-state index < -0.39 is 0 Å². The highest BCUT2D eigenvalue weighted by molar-refractivity contribution is 5.83. The van der Waals surface area contributed by atoms with Crippen molar-refractivity contribution < 1.29 is 4.79 Å². The molecule has 0 radical (unpaired) electrons. The molecule has 5 nitrogen and oxygen atoms in total. The fourth-order valence-corrected chi connectivity index (χ4v) is 4.23. The summed E-state index contributed by atoms with van der Waals surface area (Å²) in [6.45, 7) is 8.91. The van der Waals surface area contributed by atoms with Gasteiger partial charge in [0.1, 0.15) is 0 Å². The van der Waals surface area contributed by atoms with Gasteiger partial charge in [0.25, 0.3) is 0 Å². The maximum Gasteiger partial charge on any atom is 0.246 e. The molecule has 0 spiro atoms. The van der Waals surface area contributed by atoms with Crippen molar-refractivity contribution in [2.75, 3.05) is 0 Å². The van der Waals surface area contributed by atoms with Crippen molar-refractivity contribution in [1.29, 1.82) is 0 Å². The molecular weight excluding hydrogens is 360 g/mol. The Balaban J connectivity index is 1.41. The number of aryl methyl sites for hydroxylation is 1. The van der Waals surface area contributed by atoms with Gasteiger partial charge in [0.05, 0.1) is 24.3 Å². The first-order valence-electron chi connectivity index (χ1n) is 10.3. The monoisotopic (exact) mass is 388 g/mol. The lowest BCUT2D eigenvalue weighted by atomic mass is 9.94. The van der Waals surface area contributed by atoms with Crippen LogP contribution in [0.1, 0.15) is 38.2 Å². The van der Waals surface area contributed by atoms with Crippen LogP contribution in [0, 0.1) is 12.8 Å². The van der Waals surface area contributed by atoms with E-state index in [4.69, 9.17) is 0 Å². The molecule has 0 bridgehead atoms. The maximum atomic E-state index is 13.1. The van der Waals surface area contributed by atoms with Gasteiger partial charge in [-0.1, -0.05) is 49.4 Å². The lowest BCUT2D eigenvalue weighted by Crippen LogP contribution is -2.37. The molecule has 150 valence electrons. The number of aromatic nitrogens is 2. The molecule has 2 heterocycles. The summed E-state index contributed by atoms with van der Waals surface area (Å²) in [4.78, 5) is 13.1. The second kappa shape index (κ2) is 8.19. The molecule has 2 atom stereocenters. The predicted molar refractivity (Wildman–Crippen MR) is 118 cm³/mol. The van der Waals surface area contributed by atoms with Gasteiger partial charge in [0.15, 0.2) is 0 Å². The lowest BCUT2D eigenvalue weighted by Gasteiger charge is -2.27. The Hall–Kier alpha value is -2.95. The van der Waals surface area contributed by atoms with Crippen LogP contribution in [0.2, 0.25) is 0 Å². The molecule has 1 amide bonds. The number of allylic oxidation sites excluding steroid dienone is 4. The average molecular weight is 389 g/mol. The third kappa shape index (κ3) is 3.95. The zero-order valence-corrected chi connectivity index (χ0v) is 17.2. The van der Waals surface area contributed by atoms with Gasteiger partial charge in [-0.25, -0.2) is 5.01 Å². The quantitative estimate of drug-likeness (QED) is 0.668. The van der Waals surface area contributed by atoms with Gasteiger partial charge in [-0.15, -0.1) is 0 Å². The minimum Gasteiger partial charge on any atom is -0.273 e. The van der Waals surface area contributed by atoms with Crippen molar-refractivity contribution in [1.82, 2.24) is 14.8 Å². The summed E-state index contributed by atoms with van der Waals surface area (Å²) in [5.74, 6) is -0.0925. The summed E-state index contributed by atoms with van der Waals surface area (Å²) in [6.07, 6.45) is 13.6. The van der Waals surface area contributed by atoms with Crippen molar-refractivity contribution in [3.63, 3.8) is 0 Å². The van der Waals surface area contributed by atoms with Crippen LogP contribution in [0.15, 0.2) is 65.5 Å². The Morgan fingerprint density at radius 3 is 3.03 bits per heavy atom. The van der Waals surface area contributed by atoms with Crippen LogP contribution in [0.4, 0.5) is 0 Å². The number of benzene rings is 1. The third-order valence-electron chi connectivity index (χ3n) is 5.83. The van der Waals surface area contributed by atoms with Crippen LogP contribution in [0.3, 0.4) is 0 Å². The number of rotatable bonds is 6. The Morgan fingerprint density at radius 1 is 1.38 bits per heavy atom. The molecular formula is C24H28N4O. The van der Waals surface area contributed by atoms with Gasteiger partial charge in [-0.05, 0) is 43.4 Å². The first-order valence-corrected chi connectivity index (χ1v) is 10.3. The number of fused-ring (bicyclic) bond motifs is 1. The highest BCUT2D eigenvalue weighted by Crippen LogP contribution is 2.28. The number of nitrogens with zero attached hydrogens (tertiary/aromatic N) is 4. The van der Waals surface area contributed by atoms with Gasteiger partial charge >= 0.3 is 0 Å². The second-order valence-corrected chi connectivity index (χ2v) is 8.11. The zero-order chi connectivity index (χ0) is 20.4. The Labute approximate surface area is 172 Å². The summed E-state index contributed by atoms with van der Waals surface area (Å²) in [6, 6.07) is 6.29. The van der Waals surface area contributed by atoms with Crippen LogP contribution < -0.4 is 0 Å². The zero-order valence-electron chi connectivity index (χ0n) is 17.2. The van der Waals surface area contributed by atoms with Crippen LogP contribution in [0.5, 0.6) is 0 Å². The van der Waals surface area contributed by atoms with E-state index >= 15 is 0 Å². The smallest absolute Gasteiger partial charge is 0.246 e. The number of amides is 1. The SMILES string of the molecule is C=C(CC(C)C(=O)N1N=CCC1C1=CC=CCC1)Cn1ncc2c(C)cccc21. The van der Waals surface area contributed by atoms with Gasteiger partial charge < -0.3 is 0 Å². The summed E-state index contributed by atoms with van der Waals surface area (Å²) >= 11 is 0. The van der Waals surface area contributed by atoms with Crippen molar-refractivity contribution in [3.8, 4) is 0 Å². The molecule has 1 aliphatic carbocycles. The van der Waals surface area contributed by atoms with Crippen molar-refractivity contribution >= 4 is 23.0 Å². The molecule has 1 aromatic carbocycles. The van der Waals surface area contributed by atoms with Gasteiger partial charge in [-0.3, -0.25) is 9.48 Å². The number of carbonyl (C=O) groups is 1. The standard InChI is InChI=1S/C24H28N4O/c1-17(16-27-23-11-7-8-18(2)21(23)15-26-27)14-19(3)24(29)28-22(12-13-25-28)20-9-5-4-6-10-20/h4-5,7-9,11,13,15,19,22H,1,6,10,12,14,16H2,2-3H3. The summed E-state index contributed by atoms with van der Waals surface area (Å²) in [7, 11) is 0. The van der Waals surface area contributed by atoms with E-state index in [2.05, 4.69) is 54.1 Å². The summed E-state index contributed by atoms with van der Waals surface area (Å²) in [5.41, 5.74) is 4.61. The van der Waals surface area contributed by atoms with Crippen LogP contribution in [-0.4, -0.2) is 33.0 Å². The lowest BCUT2D eigenvalue weighted by molar-refractivity contribution is -0.136. The van der Waals surface area contributed by atoms with E-state index in [1.54, 1.807) is 5.01 Å². The fourth-order valence-electron chi connectivity index (χ4n) is 4.23. The largest absolute Gasteiger partial charge is 0.273 e. The molecule has 1 aromatic heterocycles. The molecule has 2 unspecified atom stereocenters. The van der Waals surface area contributed by atoms with E-state index in [0.29, 0.717) is 13.0 Å². The van der Waals surface area contributed by atoms with E-state index in [0.717, 1.165) is 35.7 Å².